The summed E-state index contributed by atoms with van der Waals surface area (Å²) in [6.07, 6.45) is 2.39. The first kappa shape index (κ1) is 13.4. The lowest BCUT2D eigenvalue weighted by atomic mass is 10.3. The fourth-order valence-corrected chi connectivity index (χ4v) is 2.37. The summed E-state index contributed by atoms with van der Waals surface area (Å²) < 4.78 is 6.25. The minimum Gasteiger partial charge on any atom is -0.494 e. The topological polar surface area (TPSA) is 47.0 Å². The molecule has 0 spiro atoms. The van der Waals surface area contributed by atoms with E-state index in [0.29, 0.717) is 12.5 Å². The Morgan fingerprint density at radius 2 is 2.00 bits per heavy atom. The van der Waals surface area contributed by atoms with Crippen LogP contribution in [0, 0.1) is 0 Å². The molecule has 0 bridgehead atoms. The summed E-state index contributed by atoms with van der Waals surface area (Å²) in [4.78, 5) is 8.99. The predicted octanol–water partition coefficient (Wildman–Crippen LogP) is 4.26. The smallest absolute Gasteiger partial charge is 0.135 e. The second-order valence-electron chi connectivity index (χ2n) is 4.79. The molecule has 104 valence electrons. The van der Waals surface area contributed by atoms with Gasteiger partial charge in [-0.15, -0.1) is 0 Å². The molecule has 2 aromatic rings. The van der Waals surface area contributed by atoms with Gasteiger partial charge in [0.25, 0.3) is 0 Å². The van der Waals surface area contributed by atoms with Crippen LogP contribution in [0.5, 0.6) is 5.75 Å². The Hall–Kier alpha value is -1.62. The molecule has 1 aromatic carbocycles. The average molecular weight is 334 g/mol. The molecule has 0 amide bonds. The molecule has 0 radical (unpaired) electrons. The van der Waals surface area contributed by atoms with E-state index in [-0.39, 0.29) is 0 Å². The molecule has 1 saturated carbocycles. The molecule has 0 unspecified atom stereocenters. The zero-order chi connectivity index (χ0) is 13.9. The third kappa shape index (κ3) is 3.28. The van der Waals surface area contributed by atoms with Crippen LogP contribution in [-0.2, 0) is 0 Å². The SMILES string of the molecule is CCOc1ccc(Nc2cc(Br)nc(C3CC3)n2)cc1. The molecule has 1 heterocycles. The summed E-state index contributed by atoms with van der Waals surface area (Å²) in [5.74, 6) is 3.15. The number of anilines is 2. The molecule has 5 heteroatoms. The molecule has 0 saturated heterocycles. The van der Waals surface area contributed by atoms with Gasteiger partial charge in [0.2, 0.25) is 0 Å². The van der Waals surface area contributed by atoms with Crippen molar-refractivity contribution in [2.45, 2.75) is 25.7 Å². The summed E-state index contributed by atoms with van der Waals surface area (Å²) in [6.45, 7) is 2.65. The van der Waals surface area contributed by atoms with Gasteiger partial charge in [-0.05, 0) is 60.0 Å². The second kappa shape index (κ2) is 5.79. The van der Waals surface area contributed by atoms with Crippen molar-refractivity contribution in [1.82, 2.24) is 9.97 Å². The monoisotopic (exact) mass is 333 g/mol. The standard InChI is InChI=1S/C15H16BrN3O/c1-2-20-12-7-5-11(6-8-12)17-14-9-13(16)18-15(19-14)10-3-4-10/h5-10H,2-4H2,1H3,(H,17,18,19). The number of hydrogen-bond acceptors (Lipinski definition) is 4. The van der Waals surface area contributed by atoms with Crippen LogP contribution in [0.3, 0.4) is 0 Å². The van der Waals surface area contributed by atoms with Crippen LogP contribution in [0.15, 0.2) is 34.9 Å². The Balaban J connectivity index is 1.76. The lowest BCUT2D eigenvalue weighted by molar-refractivity contribution is 0.340. The Bertz CT molecular complexity index is 597. The Labute approximate surface area is 126 Å². The van der Waals surface area contributed by atoms with Gasteiger partial charge in [0.15, 0.2) is 0 Å². The van der Waals surface area contributed by atoms with E-state index in [4.69, 9.17) is 4.74 Å². The predicted molar refractivity (Wildman–Crippen MR) is 82.6 cm³/mol. The van der Waals surface area contributed by atoms with E-state index in [0.717, 1.165) is 27.7 Å². The van der Waals surface area contributed by atoms with Crippen molar-refractivity contribution in [2.24, 2.45) is 0 Å². The summed E-state index contributed by atoms with van der Waals surface area (Å²) in [5, 5.41) is 3.30. The van der Waals surface area contributed by atoms with Gasteiger partial charge in [-0.3, -0.25) is 0 Å². The van der Waals surface area contributed by atoms with E-state index in [1.807, 2.05) is 37.3 Å². The Kier molecular flexibility index (Phi) is 3.87. The zero-order valence-electron chi connectivity index (χ0n) is 11.3. The maximum absolute atomic E-state index is 5.43. The number of rotatable bonds is 5. The van der Waals surface area contributed by atoms with E-state index in [1.54, 1.807) is 0 Å². The molecule has 1 fully saturated rings. The van der Waals surface area contributed by atoms with Crippen LogP contribution in [-0.4, -0.2) is 16.6 Å². The van der Waals surface area contributed by atoms with E-state index in [1.165, 1.54) is 12.8 Å². The maximum Gasteiger partial charge on any atom is 0.135 e. The third-order valence-electron chi connectivity index (χ3n) is 3.09. The largest absolute Gasteiger partial charge is 0.494 e. The summed E-state index contributed by atoms with van der Waals surface area (Å²) in [5.41, 5.74) is 0.987. The fraction of sp³-hybridized carbons (Fsp3) is 0.333. The van der Waals surface area contributed by atoms with E-state index in [2.05, 4.69) is 31.2 Å². The molecule has 1 aliphatic carbocycles. The summed E-state index contributed by atoms with van der Waals surface area (Å²) >= 11 is 3.44. The van der Waals surface area contributed by atoms with Crippen molar-refractivity contribution >= 4 is 27.4 Å². The third-order valence-corrected chi connectivity index (χ3v) is 3.50. The van der Waals surface area contributed by atoms with Crippen molar-refractivity contribution in [2.75, 3.05) is 11.9 Å². The van der Waals surface area contributed by atoms with Gasteiger partial charge in [0, 0.05) is 17.7 Å². The highest BCUT2D eigenvalue weighted by atomic mass is 79.9. The first-order chi connectivity index (χ1) is 9.74. The van der Waals surface area contributed by atoms with Crippen LogP contribution >= 0.6 is 15.9 Å². The van der Waals surface area contributed by atoms with Crippen molar-refractivity contribution < 1.29 is 4.74 Å². The van der Waals surface area contributed by atoms with Gasteiger partial charge in [0.1, 0.15) is 22.0 Å². The van der Waals surface area contributed by atoms with Crippen molar-refractivity contribution in [3.05, 3.63) is 40.8 Å². The van der Waals surface area contributed by atoms with Crippen LogP contribution in [0.4, 0.5) is 11.5 Å². The lowest BCUT2D eigenvalue weighted by Crippen LogP contribution is -1.99. The van der Waals surface area contributed by atoms with Gasteiger partial charge in [-0.1, -0.05) is 0 Å². The molecule has 1 aromatic heterocycles. The van der Waals surface area contributed by atoms with Crippen LogP contribution in [0.25, 0.3) is 0 Å². The lowest BCUT2D eigenvalue weighted by Gasteiger charge is -2.09. The minimum absolute atomic E-state index is 0.536. The number of nitrogens with one attached hydrogen (secondary N) is 1. The Morgan fingerprint density at radius 1 is 1.25 bits per heavy atom. The number of halogens is 1. The second-order valence-corrected chi connectivity index (χ2v) is 5.60. The molecule has 20 heavy (non-hydrogen) atoms. The van der Waals surface area contributed by atoms with Crippen LogP contribution < -0.4 is 10.1 Å². The van der Waals surface area contributed by atoms with Gasteiger partial charge in [0.05, 0.1) is 6.61 Å². The molecule has 0 atom stereocenters. The molecule has 1 N–H and O–H groups in total. The maximum atomic E-state index is 5.43. The molecular formula is C15H16BrN3O. The highest BCUT2D eigenvalue weighted by Crippen LogP contribution is 2.39. The summed E-state index contributed by atoms with van der Waals surface area (Å²) in [6, 6.07) is 9.76. The first-order valence-electron chi connectivity index (χ1n) is 6.79. The van der Waals surface area contributed by atoms with Gasteiger partial charge < -0.3 is 10.1 Å². The molecule has 0 aliphatic heterocycles. The molecule has 3 rings (SSSR count). The van der Waals surface area contributed by atoms with Gasteiger partial charge in [-0.2, -0.15) is 0 Å². The molecular weight excluding hydrogens is 318 g/mol. The highest BCUT2D eigenvalue weighted by molar-refractivity contribution is 9.10. The minimum atomic E-state index is 0.536. The Morgan fingerprint density at radius 3 is 2.65 bits per heavy atom. The quantitative estimate of drug-likeness (QED) is 0.830. The van der Waals surface area contributed by atoms with E-state index < -0.39 is 0 Å². The normalized spacial score (nSPS) is 14.1. The average Bonchev–Trinajstić information content (AvgIpc) is 3.25. The fourth-order valence-electron chi connectivity index (χ4n) is 1.97. The zero-order valence-corrected chi connectivity index (χ0v) is 12.9. The molecule has 1 aliphatic rings. The number of aromatic nitrogens is 2. The number of ether oxygens (including phenoxy) is 1. The van der Waals surface area contributed by atoms with E-state index >= 15 is 0 Å². The van der Waals surface area contributed by atoms with E-state index in [9.17, 15) is 0 Å². The highest BCUT2D eigenvalue weighted by Gasteiger charge is 2.27. The van der Waals surface area contributed by atoms with Crippen LogP contribution in [0.1, 0.15) is 31.5 Å². The first-order valence-corrected chi connectivity index (χ1v) is 7.58. The summed E-state index contributed by atoms with van der Waals surface area (Å²) in [7, 11) is 0. The van der Waals surface area contributed by atoms with Crippen LogP contribution in [0.2, 0.25) is 0 Å². The molecule has 4 nitrogen and oxygen atoms in total. The van der Waals surface area contributed by atoms with Gasteiger partial charge >= 0.3 is 0 Å². The number of hydrogen-bond donors (Lipinski definition) is 1. The van der Waals surface area contributed by atoms with Gasteiger partial charge in [-0.25, -0.2) is 9.97 Å². The van der Waals surface area contributed by atoms with Crippen molar-refractivity contribution in [3.63, 3.8) is 0 Å². The number of nitrogens with zero attached hydrogens (tertiary/aromatic N) is 2. The van der Waals surface area contributed by atoms with Crippen molar-refractivity contribution in [1.29, 1.82) is 0 Å². The van der Waals surface area contributed by atoms with Crippen molar-refractivity contribution in [3.8, 4) is 5.75 Å². The number of benzene rings is 1.